The van der Waals surface area contributed by atoms with E-state index in [1.165, 1.54) is 6.07 Å². The average molecular weight is 271 g/mol. The van der Waals surface area contributed by atoms with Crippen molar-refractivity contribution in [1.29, 1.82) is 0 Å². The second-order valence-electron chi connectivity index (χ2n) is 4.67. The molecular weight excluding hydrogens is 258 g/mol. The second kappa shape index (κ2) is 4.44. The molecule has 102 valence electrons. The van der Waals surface area contributed by atoms with E-state index in [-0.39, 0.29) is 10.6 Å². The quantitative estimate of drug-likeness (QED) is 0.539. The van der Waals surface area contributed by atoms with Gasteiger partial charge in [-0.3, -0.25) is 10.1 Å². The van der Waals surface area contributed by atoms with Gasteiger partial charge < -0.3 is 9.13 Å². The summed E-state index contributed by atoms with van der Waals surface area (Å²) in [5, 5.41) is 19.8. The maximum atomic E-state index is 10.8. The van der Waals surface area contributed by atoms with E-state index < -0.39 is 0 Å². The van der Waals surface area contributed by atoms with Crippen molar-refractivity contribution in [2.75, 3.05) is 0 Å². The molecule has 0 saturated heterocycles. The molecule has 2 heterocycles. The Labute approximate surface area is 114 Å². The Bertz CT molecular complexity index is 802. The van der Waals surface area contributed by atoms with Gasteiger partial charge in [-0.05, 0) is 19.1 Å². The molecule has 7 heteroatoms. The van der Waals surface area contributed by atoms with Crippen LogP contribution in [0.4, 0.5) is 5.69 Å². The van der Waals surface area contributed by atoms with E-state index >= 15 is 0 Å². The fourth-order valence-corrected chi connectivity index (χ4v) is 2.18. The van der Waals surface area contributed by atoms with Crippen molar-refractivity contribution in [3.05, 3.63) is 52.2 Å². The summed E-state index contributed by atoms with van der Waals surface area (Å²) in [6.45, 7) is 2.48. The van der Waals surface area contributed by atoms with Gasteiger partial charge in [-0.1, -0.05) is 0 Å². The predicted octanol–water partition coefficient (Wildman–Crippen LogP) is 2.03. The van der Waals surface area contributed by atoms with Crippen LogP contribution < -0.4 is 0 Å². The van der Waals surface area contributed by atoms with E-state index in [1.54, 1.807) is 12.1 Å². The molecule has 3 rings (SSSR count). The molecule has 0 aliphatic rings. The zero-order valence-electron chi connectivity index (χ0n) is 11.1. The zero-order valence-corrected chi connectivity index (χ0v) is 11.1. The van der Waals surface area contributed by atoms with E-state index in [4.69, 9.17) is 0 Å². The highest BCUT2D eigenvalue weighted by Crippen LogP contribution is 2.22. The molecule has 0 unspecified atom stereocenters. The molecular formula is C13H13N5O2. The van der Waals surface area contributed by atoms with Gasteiger partial charge in [0, 0.05) is 36.3 Å². The number of nitro groups is 1. The second-order valence-corrected chi connectivity index (χ2v) is 4.67. The molecule has 0 amide bonds. The summed E-state index contributed by atoms with van der Waals surface area (Å²) in [6, 6.07) is 6.72. The summed E-state index contributed by atoms with van der Waals surface area (Å²) in [5.74, 6) is 1.70. The first-order valence-corrected chi connectivity index (χ1v) is 6.14. The molecule has 0 atom stereocenters. The van der Waals surface area contributed by atoms with Crippen molar-refractivity contribution in [1.82, 2.24) is 19.3 Å². The number of benzene rings is 1. The van der Waals surface area contributed by atoms with Crippen LogP contribution in [-0.2, 0) is 13.6 Å². The number of aryl methyl sites for hydroxylation is 1. The van der Waals surface area contributed by atoms with Crippen LogP contribution in [0.2, 0.25) is 0 Å². The van der Waals surface area contributed by atoms with Crippen LogP contribution in [0.3, 0.4) is 0 Å². The Morgan fingerprint density at radius 2 is 2.10 bits per heavy atom. The molecule has 0 aliphatic carbocycles. The number of nitro benzene ring substituents is 1. The Balaban J connectivity index is 2.01. The number of hydrogen-bond acceptors (Lipinski definition) is 4. The molecule has 0 aliphatic heterocycles. The normalized spacial score (nSPS) is 11.1. The minimum absolute atomic E-state index is 0.102. The van der Waals surface area contributed by atoms with E-state index in [1.807, 2.05) is 35.4 Å². The van der Waals surface area contributed by atoms with Gasteiger partial charge in [-0.25, -0.2) is 0 Å². The summed E-state index contributed by atoms with van der Waals surface area (Å²) in [7, 11) is 1.92. The summed E-state index contributed by atoms with van der Waals surface area (Å²) < 4.78 is 3.93. The highest BCUT2D eigenvalue weighted by Gasteiger charge is 2.11. The van der Waals surface area contributed by atoms with Crippen LogP contribution in [0, 0.1) is 17.0 Å². The minimum atomic E-state index is -0.386. The summed E-state index contributed by atoms with van der Waals surface area (Å²) >= 11 is 0. The van der Waals surface area contributed by atoms with Gasteiger partial charge in [0.2, 0.25) is 0 Å². The predicted molar refractivity (Wildman–Crippen MR) is 73.4 cm³/mol. The molecule has 20 heavy (non-hydrogen) atoms. The number of fused-ring (bicyclic) bond motifs is 1. The average Bonchev–Trinajstić information content (AvgIpc) is 2.97. The topological polar surface area (TPSA) is 78.8 Å². The van der Waals surface area contributed by atoms with Crippen LogP contribution in [0.15, 0.2) is 30.5 Å². The van der Waals surface area contributed by atoms with Gasteiger partial charge in [0.15, 0.2) is 5.82 Å². The van der Waals surface area contributed by atoms with Crippen molar-refractivity contribution in [2.24, 2.45) is 7.05 Å². The summed E-state index contributed by atoms with van der Waals surface area (Å²) in [6.07, 6.45) is 1.90. The number of non-ortho nitro benzene ring substituents is 1. The smallest absolute Gasteiger partial charge is 0.270 e. The molecule has 0 saturated carbocycles. The number of nitrogens with zero attached hydrogens (tertiary/aromatic N) is 5. The van der Waals surface area contributed by atoms with E-state index in [9.17, 15) is 10.1 Å². The molecule has 1 aromatic carbocycles. The molecule has 0 radical (unpaired) electrons. The Morgan fingerprint density at radius 3 is 2.75 bits per heavy atom. The molecule has 0 spiro atoms. The molecule has 2 aromatic heterocycles. The first-order valence-electron chi connectivity index (χ1n) is 6.14. The van der Waals surface area contributed by atoms with Crippen molar-refractivity contribution < 1.29 is 4.92 Å². The van der Waals surface area contributed by atoms with Gasteiger partial charge in [-0.15, -0.1) is 10.2 Å². The van der Waals surface area contributed by atoms with Crippen LogP contribution in [-0.4, -0.2) is 24.3 Å². The first kappa shape index (κ1) is 12.3. The standard InChI is InChI=1S/C13H13N5O2/c1-9-14-15-13(16(9)2)8-17-6-5-10-7-11(18(19)20)3-4-12(10)17/h3-7H,8H2,1-2H3. The van der Waals surface area contributed by atoms with Gasteiger partial charge in [0.25, 0.3) is 5.69 Å². The lowest BCUT2D eigenvalue weighted by molar-refractivity contribution is -0.384. The first-order chi connectivity index (χ1) is 9.56. The highest BCUT2D eigenvalue weighted by atomic mass is 16.6. The lowest BCUT2D eigenvalue weighted by Gasteiger charge is -2.05. The van der Waals surface area contributed by atoms with Crippen LogP contribution in [0.5, 0.6) is 0 Å². The fraction of sp³-hybridized carbons (Fsp3) is 0.231. The number of aromatic nitrogens is 4. The van der Waals surface area contributed by atoms with Crippen LogP contribution in [0.25, 0.3) is 10.9 Å². The van der Waals surface area contributed by atoms with E-state index in [0.717, 1.165) is 22.6 Å². The van der Waals surface area contributed by atoms with Gasteiger partial charge >= 0.3 is 0 Å². The molecule has 0 N–H and O–H groups in total. The van der Waals surface area contributed by atoms with Gasteiger partial charge in [0.1, 0.15) is 5.82 Å². The van der Waals surface area contributed by atoms with Crippen LogP contribution in [0.1, 0.15) is 11.6 Å². The van der Waals surface area contributed by atoms with Crippen molar-refractivity contribution in [3.63, 3.8) is 0 Å². The SMILES string of the molecule is Cc1nnc(Cn2ccc3cc([N+](=O)[O-])ccc32)n1C. The van der Waals surface area contributed by atoms with Gasteiger partial charge in [0.05, 0.1) is 11.5 Å². The van der Waals surface area contributed by atoms with E-state index in [2.05, 4.69) is 10.2 Å². The molecule has 3 aromatic rings. The fourth-order valence-electron chi connectivity index (χ4n) is 2.18. The third-order valence-corrected chi connectivity index (χ3v) is 3.46. The minimum Gasteiger partial charge on any atom is -0.340 e. The van der Waals surface area contributed by atoms with Crippen molar-refractivity contribution in [2.45, 2.75) is 13.5 Å². The zero-order chi connectivity index (χ0) is 14.3. The maximum Gasteiger partial charge on any atom is 0.270 e. The molecule has 7 nitrogen and oxygen atoms in total. The Hall–Kier alpha value is -2.70. The lowest BCUT2D eigenvalue weighted by Crippen LogP contribution is -2.05. The van der Waals surface area contributed by atoms with Gasteiger partial charge in [-0.2, -0.15) is 0 Å². The largest absolute Gasteiger partial charge is 0.340 e. The van der Waals surface area contributed by atoms with E-state index in [0.29, 0.717) is 6.54 Å². The Morgan fingerprint density at radius 1 is 1.30 bits per heavy atom. The number of rotatable bonds is 3. The van der Waals surface area contributed by atoms with Crippen molar-refractivity contribution in [3.8, 4) is 0 Å². The highest BCUT2D eigenvalue weighted by molar-refractivity contribution is 5.82. The van der Waals surface area contributed by atoms with Crippen LogP contribution >= 0.6 is 0 Å². The number of hydrogen-bond donors (Lipinski definition) is 0. The maximum absolute atomic E-state index is 10.8. The van der Waals surface area contributed by atoms with Crippen molar-refractivity contribution >= 4 is 16.6 Å². The molecule has 0 bridgehead atoms. The Kier molecular flexibility index (Phi) is 2.74. The third-order valence-electron chi connectivity index (χ3n) is 3.46. The summed E-state index contributed by atoms with van der Waals surface area (Å²) in [5.41, 5.74) is 1.04. The third kappa shape index (κ3) is 1.93. The molecule has 0 fully saturated rings. The lowest BCUT2D eigenvalue weighted by atomic mass is 10.2. The monoisotopic (exact) mass is 271 g/mol. The summed E-state index contributed by atoms with van der Waals surface area (Å²) in [4.78, 5) is 10.4.